The summed E-state index contributed by atoms with van der Waals surface area (Å²) in [5, 5.41) is 3.26. The Bertz CT molecular complexity index is 283. The molecule has 0 saturated carbocycles. The monoisotopic (exact) mass is 176 g/mol. The highest BCUT2D eigenvalue weighted by molar-refractivity contribution is 6.35. The normalized spacial score (nSPS) is 9.64. The van der Waals surface area contributed by atoms with Gasteiger partial charge >= 0.3 is 5.97 Å². The highest BCUT2D eigenvalue weighted by atomic mass is 35.5. The van der Waals surface area contributed by atoms with Crippen LogP contribution in [0.3, 0.4) is 0 Å². The third kappa shape index (κ3) is 1.27. The number of methoxy groups -OCH3 is 1. The summed E-state index contributed by atoms with van der Waals surface area (Å²) in [5.74, 6) is -0.762. The fourth-order valence-corrected chi connectivity index (χ4v) is 0.661. The van der Waals surface area contributed by atoms with Crippen LogP contribution in [0.25, 0.3) is 0 Å². The molecule has 0 atom stereocenters. The Morgan fingerprint density at radius 2 is 2.45 bits per heavy atom. The van der Waals surface area contributed by atoms with Crippen molar-refractivity contribution in [3.8, 4) is 0 Å². The Balaban J connectivity index is 3.04. The molecule has 0 radical (unpaired) electrons. The van der Waals surface area contributed by atoms with Crippen LogP contribution in [0.15, 0.2) is 4.52 Å². The molecule has 2 N–H and O–H groups in total. The molecule has 1 aromatic rings. The number of carbonyl (C=O) groups excluding carboxylic acids is 1. The molecule has 0 aliphatic heterocycles. The van der Waals surface area contributed by atoms with Gasteiger partial charge in [-0.25, -0.2) is 4.79 Å². The van der Waals surface area contributed by atoms with Crippen LogP contribution >= 0.6 is 11.6 Å². The van der Waals surface area contributed by atoms with Gasteiger partial charge in [0.05, 0.1) is 7.11 Å². The van der Waals surface area contributed by atoms with Crippen LogP contribution in [0.4, 0.5) is 5.88 Å². The van der Waals surface area contributed by atoms with E-state index in [1.54, 1.807) is 0 Å². The number of aromatic nitrogens is 1. The van der Waals surface area contributed by atoms with Crippen LogP contribution < -0.4 is 5.73 Å². The smallest absolute Gasteiger partial charge is 0.361 e. The first-order valence-corrected chi connectivity index (χ1v) is 3.03. The fraction of sp³-hybridized carbons (Fsp3) is 0.200. The standard InChI is InChI=1S/C5H5ClN2O3/c1-10-5(9)3-2(6)4(7)11-8-3/h7H2,1H3. The number of halogens is 1. The molecule has 6 heteroatoms. The summed E-state index contributed by atoms with van der Waals surface area (Å²) in [6.45, 7) is 0. The first kappa shape index (κ1) is 7.87. The second-order valence-electron chi connectivity index (χ2n) is 1.70. The molecule has 1 heterocycles. The van der Waals surface area contributed by atoms with Gasteiger partial charge in [-0.1, -0.05) is 16.8 Å². The quantitative estimate of drug-likeness (QED) is 0.637. The molecule has 11 heavy (non-hydrogen) atoms. The maximum atomic E-state index is 10.8. The van der Waals surface area contributed by atoms with E-state index in [9.17, 15) is 4.79 Å². The van der Waals surface area contributed by atoms with Crippen LogP contribution in [0, 0.1) is 0 Å². The minimum absolute atomic E-state index is 0.0168. The lowest BCUT2D eigenvalue weighted by Gasteiger charge is -1.90. The summed E-state index contributed by atoms with van der Waals surface area (Å²) in [7, 11) is 1.21. The van der Waals surface area contributed by atoms with E-state index in [1.165, 1.54) is 7.11 Å². The van der Waals surface area contributed by atoms with Gasteiger partial charge in [0.15, 0.2) is 0 Å². The average molecular weight is 177 g/mol. The lowest BCUT2D eigenvalue weighted by atomic mass is 10.4. The van der Waals surface area contributed by atoms with Crippen molar-refractivity contribution >= 4 is 23.5 Å². The molecule has 0 saturated heterocycles. The third-order valence-electron chi connectivity index (χ3n) is 1.04. The zero-order chi connectivity index (χ0) is 8.43. The van der Waals surface area contributed by atoms with Crippen LogP contribution in [0.1, 0.15) is 10.5 Å². The summed E-state index contributed by atoms with van der Waals surface area (Å²) in [5.41, 5.74) is 5.06. The molecule has 0 amide bonds. The molecule has 5 nitrogen and oxygen atoms in total. The van der Waals surface area contributed by atoms with Crippen LogP contribution in [-0.2, 0) is 4.74 Å². The van der Waals surface area contributed by atoms with E-state index in [-0.39, 0.29) is 16.6 Å². The zero-order valence-electron chi connectivity index (χ0n) is 5.63. The van der Waals surface area contributed by atoms with Gasteiger partial charge in [-0.3, -0.25) is 0 Å². The highest BCUT2D eigenvalue weighted by Crippen LogP contribution is 2.22. The van der Waals surface area contributed by atoms with Crippen molar-refractivity contribution in [2.24, 2.45) is 0 Å². The van der Waals surface area contributed by atoms with Crippen LogP contribution in [-0.4, -0.2) is 18.2 Å². The number of nitrogens with zero attached hydrogens (tertiary/aromatic N) is 1. The van der Waals surface area contributed by atoms with E-state index in [1.807, 2.05) is 0 Å². The summed E-state index contributed by atoms with van der Waals surface area (Å²) >= 11 is 5.50. The van der Waals surface area contributed by atoms with Gasteiger partial charge in [-0.15, -0.1) is 0 Å². The number of hydrogen-bond donors (Lipinski definition) is 1. The largest absolute Gasteiger partial charge is 0.464 e. The first-order chi connectivity index (χ1) is 5.16. The van der Waals surface area contributed by atoms with Crippen molar-refractivity contribution in [2.45, 2.75) is 0 Å². The number of anilines is 1. The van der Waals surface area contributed by atoms with E-state index in [2.05, 4.69) is 14.4 Å². The Morgan fingerprint density at radius 3 is 2.82 bits per heavy atom. The van der Waals surface area contributed by atoms with E-state index < -0.39 is 5.97 Å². The average Bonchev–Trinajstić information content (AvgIpc) is 2.32. The Hall–Kier alpha value is -1.23. The van der Waals surface area contributed by atoms with Crippen molar-refractivity contribution in [3.63, 3.8) is 0 Å². The maximum absolute atomic E-state index is 10.8. The van der Waals surface area contributed by atoms with Crippen molar-refractivity contribution < 1.29 is 14.1 Å². The van der Waals surface area contributed by atoms with Crippen molar-refractivity contribution in [2.75, 3.05) is 12.8 Å². The van der Waals surface area contributed by atoms with Crippen molar-refractivity contribution in [3.05, 3.63) is 10.7 Å². The van der Waals surface area contributed by atoms with Gasteiger partial charge in [-0.2, -0.15) is 0 Å². The van der Waals surface area contributed by atoms with E-state index in [4.69, 9.17) is 17.3 Å². The minimum atomic E-state index is -0.671. The summed E-state index contributed by atoms with van der Waals surface area (Å²) in [4.78, 5) is 10.8. The molecule has 1 aromatic heterocycles. The van der Waals surface area contributed by atoms with Crippen LogP contribution in [0.2, 0.25) is 5.02 Å². The van der Waals surface area contributed by atoms with Gasteiger partial charge in [0.2, 0.25) is 11.6 Å². The lowest BCUT2D eigenvalue weighted by molar-refractivity contribution is 0.0589. The number of ether oxygens (including phenoxy) is 1. The van der Waals surface area contributed by atoms with Gasteiger partial charge in [0, 0.05) is 0 Å². The zero-order valence-corrected chi connectivity index (χ0v) is 6.38. The molecule has 0 aliphatic carbocycles. The predicted octanol–water partition coefficient (Wildman–Crippen LogP) is 0.697. The summed E-state index contributed by atoms with van der Waals surface area (Å²) in [6, 6.07) is 0. The van der Waals surface area contributed by atoms with Crippen LogP contribution in [0.5, 0.6) is 0 Å². The lowest BCUT2D eigenvalue weighted by Crippen LogP contribution is -2.01. The number of nitrogens with two attached hydrogens (primary N) is 1. The minimum Gasteiger partial charge on any atom is -0.464 e. The highest BCUT2D eigenvalue weighted by Gasteiger charge is 2.18. The number of esters is 1. The van der Waals surface area contributed by atoms with Gasteiger partial charge in [0.1, 0.15) is 5.02 Å². The van der Waals surface area contributed by atoms with E-state index >= 15 is 0 Å². The molecular formula is C5H5ClN2O3. The van der Waals surface area contributed by atoms with Gasteiger partial charge in [-0.05, 0) is 0 Å². The van der Waals surface area contributed by atoms with Gasteiger partial charge in [0.25, 0.3) is 0 Å². The Morgan fingerprint density at radius 1 is 1.82 bits per heavy atom. The predicted molar refractivity (Wildman–Crippen MR) is 37.3 cm³/mol. The Kier molecular flexibility index (Phi) is 2.00. The molecule has 60 valence electrons. The van der Waals surface area contributed by atoms with E-state index in [0.717, 1.165) is 0 Å². The number of nitrogen functional groups attached to an aromatic ring is 1. The molecule has 0 unspecified atom stereocenters. The van der Waals surface area contributed by atoms with E-state index in [0.29, 0.717) is 0 Å². The number of rotatable bonds is 1. The van der Waals surface area contributed by atoms with Crippen molar-refractivity contribution in [1.82, 2.24) is 5.16 Å². The number of hydrogen-bond acceptors (Lipinski definition) is 5. The first-order valence-electron chi connectivity index (χ1n) is 2.65. The SMILES string of the molecule is COC(=O)c1noc(N)c1Cl. The number of carbonyl (C=O) groups is 1. The second kappa shape index (κ2) is 2.79. The summed E-state index contributed by atoms with van der Waals surface area (Å²) < 4.78 is 8.74. The summed E-state index contributed by atoms with van der Waals surface area (Å²) in [6.07, 6.45) is 0. The molecule has 0 fully saturated rings. The molecule has 0 aliphatic rings. The molecular weight excluding hydrogens is 172 g/mol. The molecule has 0 bridgehead atoms. The van der Waals surface area contributed by atoms with Gasteiger partial charge < -0.3 is 15.0 Å². The molecule has 0 aromatic carbocycles. The topological polar surface area (TPSA) is 78.3 Å². The molecule has 1 rings (SSSR count). The third-order valence-corrected chi connectivity index (χ3v) is 1.40. The molecule has 0 spiro atoms. The second-order valence-corrected chi connectivity index (χ2v) is 2.08. The Labute approximate surface area is 67.0 Å². The maximum Gasteiger partial charge on any atom is 0.361 e. The fourth-order valence-electron chi connectivity index (χ4n) is 0.515. The van der Waals surface area contributed by atoms with Crippen molar-refractivity contribution in [1.29, 1.82) is 0 Å².